The van der Waals surface area contributed by atoms with Crippen molar-refractivity contribution in [3.05, 3.63) is 76.0 Å². The number of ether oxygens (including phenoxy) is 1. The van der Waals surface area contributed by atoms with Crippen molar-refractivity contribution < 1.29 is 22.3 Å². The zero-order valence-corrected chi connectivity index (χ0v) is 17.9. The zero-order chi connectivity index (χ0) is 23.6. The Balaban J connectivity index is 1.75. The predicted molar refractivity (Wildman–Crippen MR) is 117 cm³/mol. The predicted octanol–water partition coefficient (Wildman–Crippen LogP) is 1.84. The molecule has 3 heterocycles. The highest BCUT2D eigenvalue weighted by Crippen LogP contribution is 2.24. The number of nitrogens with zero attached hydrogens (tertiary/aromatic N) is 3. The Morgan fingerprint density at radius 3 is 2.70 bits per heavy atom. The monoisotopic (exact) mass is 468 g/mol. The van der Waals surface area contributed by atoms with Crippen LogP contribution < -0.4 is 15.6 Å². The summed E-state index contributed by atoms with van der Waals surface area (Å²) in [5.74, 6) is -1.54. The number of halogens is 1. The number of pyridine rings is 1. The molecule has 0 radical (unpaired) electrons. The highest BCUT2D eigenvalue weighted by atomic mass is 32.2. The van der Waals surface area contributed by atoms with Crippen molar-refractivity contribution in [1.29, 1.82) is 5.26 Å². The molecule has 1 aromatic carbocycles. The third-order valence-corrected chi connectivity index (χ3v) is 6.75. The van der Waals surface area contributed by atoms with Gasteiger partial charge in [-0.25, -0.2) is 12.8 Å². The molecule has 1 atom stereocenters. The topological polar surface area (TPSA) is 131 Å². The molecule has 0 saturated carbocycles. The first-order valence-corrected chi connectivity index (χ1v) is 11.7. The lowest BCUT2D eigenvalue weighted by molar-refractivity contribution is -0.117. The maximum atomic E-state index is 13.2. The Morgan fingerprint density at radius 1 is 1.27 bits per heavy atom. The highest BCUT2D eigenvalue weighted by molar-refractivity contribution is 7.91. The van der Waals surface area contributed by atoms with Gasteiger partial charge in [-0.2, -0.15) is 10.2 Å². The van der Waals surface area contributed by atoms with Gasteiger partial charge in [-0.3, -0.25) is 14.0 Å². The summed E-state index contributed by atoms with van der Waals surface area (Å²) < 4.78 is 43.4. The van der Waals surface area contributed by atoms with E-state index in [-0.39, 0.29) is 40.8 Å². The molecular formula is C22H17FN4O5S. The summed E-state index contributed by atoms with van der Waals surface area (Å²) in [4.78, 5) is 30.0. The molecule has 0 spiro atoms. The standard InChI is InChI=1S/C22H17FN4O5S/c23-15-4-6-17(7-5-15)32-21-18(22(29)27-9-2-1-3-19(27)26-21)11-14(12-24)20(28)25-16-8-10-33(30,31)13-16/h1-7,9,11,16H,8,10,13H2,(H,25,28)/b14-11+/t16-/m0/s1. The second-order valence-corrected chi connectivity index (χ2v) is 9.59. The Kier molecular flexibility index (Phi) is 5.93. The van der Waals surface area contributed by atoms with Crippen LogP contribution in [0.3, 0.4) is 0 Å². The molecule has 1 fully saturated rings. The van der Waals surface area contributed by atoms with E-state index in [9.17, 15) is 27.7 Å². The van der Waals surface area contributed by atoms with Gasteiger partial charge in [0, 0.05) is 12.2 Å². The zero-order valence-electron chi connectivity index (χ0n) is 17.1. The SMILES string of the molecule is N#C/C(=C\c1c(Oc2ccc(F)cc2)nc2ccccn2c1=O)C(=O)N[C@H]1CCS(=O)(=O)C1. The van der Waals surface area contributed by atoms with Gasteiger partial charge in [-0.05, 0) is 48.9 Å². The molecule has 2 aromatic heterocycles. The molecule has 0 unspecified atom stereocenters. The van der Waals surface area contributed by atoms with Gasteiger partial charge in [0.2, 0.25) is 5.88 Å². The second kappa shape index (κ2) is 8.84. The summed E-state index contributed by atoms with van der Waals surface area (Å²) >= 11 is 0. The van der Waals surface area contributed by atoms with Crippen LogP contribution >= 0.6 is 0 Å². The minimum absolute atomic E-state index is 0.0465. The minimum Gasteiger partial charge on any atom is -0.438 e. The first-order chi connectivity index (χ1) is 15.8. The van der Waals surface area contributed by atoms with Crippen LogP contribution in [0.2, 0.25) is 0 Å². The number of nitrogens with one attached hydrogen (secondary N) is 1. The van der Waals surface area contributed by atoms with Gasteiger partial charge in [-0.1, -0.05) is 6.07 Å². The van der Waals surface area contributed by atoms with Crippen molar-refractivity contribution >= 4 is 27.5 Å². The third-order valence-electron chi connectivity index (χ3n) is 4.98. The number of fused-ring (bicyclic) bond motifs is 1. The van der Waals surface area contributed by atoms with E-state index in [0.29, 0.717) is 0 Å². The van der Waals surface area contributed by atoms with E-state index < -0.39 is 38.7 Å². The molecular weight excluding hydrogens is 451 g/mol. The molecule has 1 N–H and O–H groups in total. The Hall–Kier alpha value is -4.04. The Bertz CT molecular complexity index is 1470. The van der Waals surface area contributed by atoms with E-state index in [4.69, 9.17) is 4.74 Å². The van der Waals surface area contributed by atoms with Crippen LogP contribution in [0.1, 0.15) is 12.0 Å². The lowest BCUT2D eigenvalue weighted by Crippen LogP contribution is -2.36. The fourth-order valence-electron chi connectivity index (χ4n) is 3.36. The second-order valence-electron chi connectivity index (χ2n) is 7.36. The fraction of sp³-hybridized carbons (Fsp3) is 0.182. The van der Waals surface area contributed by atoms with Crippen molar-refractivity contribution in [3.8, 4) is 17.7 Å². The molecule has 1 saturated heterocycles. The number of rotatable bonds is 5. The summed E-state index contributed by atoms with van der Waals surface area (Å²) in [5.41, 5.74) is -0.926. The molecule has 1 aliphatic rings. The van der Waals surface area contributed by atoms with Crippen LogP contribution in [0.5, 0.6) is 11.6 Å². The van der Waals surface area contributed by atoms with E-state index in [1.54, 1.807) is 24.3 Å². The molecule has 4 rings (SSSR count). The molecule has 0 bridgehead atoms. The summed E-state index contributed by atoms with van der Waals surface area (Å²) in [6.45, 7) is 0. The van der Waals surface area contributed by atoms with E-state index in [1.807, 2.05) is 0 Å². The third kappa shape index (κ3) is 4.91. The Labute approximate surface area is 187 Å². The smallest absolute Gasteiger partial charge is 0.269 e. The van der Waals surface area contributed by atoms with Crippen LogP contribution in [-0.4, -0.2) is 41.3 Å². The first kappa shape index (κ1) is 22.2. The number of sulfone groups is 1. The number of carbonyl (C=O) groups is 1. The van der Waals surface area contributed by atoms with Crippen molar-refractivity contribution in [2.45, 2.75) is 12.5 Å². The van der Waals surface area contributed by atoms with Gasteiger partial charge >= 0.3 is 0 Å². The number of benzene rings is 1. The summed E-state index contributed by atoms with van der Waals surface area (Å²) in [6.07, 6.45) is 2.76. The van der Waals surface area contributed by atoms with Gasteiger partial charge in [-0.15, -0.1) is 0 Å². The average Bonchev–Trinajstić information content (AvgIpc) is 3.13. The number of nitriles is 1. The lowest BCUT2D eigenvalue weighted by atomic mass is 10.1. The van der Waals surface area contributed by atoms with Crippen LogP contribution in [0, 0.1) is 17.1 Å². The number of aromatic nitrogens is 2. The van der Waals surface area contributed by atoms with Crippen LogP contribution in [0.4, 0.5) is 4.39 Å². The fourth-order valence-corrected chi connectivity index (χ4v) is 5.04. The largest absolute Gasteiger partial charge is 0.438 e. The maximum absolute atomic E-state index is 13.2. The molecule has 168 valence electrons. The normalized spacial score (nSPS) is 17.5. The minimum atomic E-state index is -3.23. The molecule has 3 aromatic rings. The molecule has 11 heteroatoms. The summed E-state index contributed by atoms with van der Waals surface area (Å²) in [6, 6.07) is 11.0. The van der Waals surface area contributed by atoms with Gasteiger partial charge in [0.15, 0.2) is 9.84 Å². The molecule has 1 amide bonds. The number of amides is 1. The van der Waals surface area contributed by atoms with Crippen molar-refractivity contribution in [2.24, 2.45) is 0 Å². The number of carbonyl (C=O) groups excluding carboxylic acids is 1. The lowest BCUT2D eigenvalue weighted by Gasteiger charge is -2.12. The molecule has 9 nitrogen and oxygen atoms in total. The van der Waals surface area contributed by atoms with Crippen LogP contribution in [-0.2, 0) is 14.6 Å². The average molecular weight is 468 g/mol. The number of hydrogen-bond donors (Lipinski definition) is 1. The van der Waals surface area contributed by atoms with Gasteiger partial charge < -0.3 is 10.1 Å². The van der Waals surface area contributed by atoms with E-state index >= 15 is 0 Å². The Morgan fingerprint density at radius 2 is 2.03 bits per heavy atom. The van der Waals surface area contributed by atoms with Crippen LogP contribution in [0.25, 0.3) is 11.7 Å². The van der Waals surface area contributed by atoms with Gasteiger partial charge in [0.25, 0.3) is 11.5 Å². The molecule has 1 aliphatic heterocycles. The summed E-state index contributed by atoms with van der Waals surface area (Å²) in [5, 5.41) is 12.1. The molecule has 0 aliphatic carbocycles. The quantitative estimate of drug-likeness (QED) is 0.447. The van der Waals surface area contributed by atoms with Gasteiger partial charge in [0.1, 0.15) is 34.4 Å². The van der Waals surface area contributed by atoms with E-state index in [0.717, 1.165) is 6.08 Å². The van der Waals surface area contributed by atoms with Crippen molar-refractivity contribution in [3.63, 3.8) is 0 Å². The van der Waals surface area contributed by atoms with Gasteiger partial charge in [0.05, 0.1) is 11.5 Å². The van der Waals surface area contributed by atoms with E-state index in [1.165, 1.54) is 34.9 Å². The van der Waals surface area contributed by atoms with Crippen molar-refractivity contribution in [2.75, 3.05) is 11.5 Å². The molecule has 33 heavy (non-hydrogen) atoms. The maximum Gasteiger partial charge on any atom is 0.269 e. The highest BCUT2D eigenvalue weighted by Gasteiger charge is 2.29. The van der Waals surface area contributed by atoms with Crippen molar-refractivity contribution in [1.82, 2.24) is 14.7 Å². The summed E-state index contributed by atoms with van der Waals surface area (Å²) in [7, 11) is -3.23. The van der Waals surface area contributed by atoms with Crippen LogP contribution in [0.15, 0.2) is 59.0 Å². The first-order valence-electron chi connectivity index (χ1n) is 9.83. The van der Waals surface area contributed by atoms with E-state index in [2.05, 4.69) is 10.3 Å². The number of hydrogen-bond acceptors (Lipinski definition) is 7.